The molecule has 0 aromatic heterocycles. The molecule has 0 radical (unpaired) electrons. The summed E-state index contributed by atoms with van der Waals surface area (Å²) >= 11 is 0. The zero-order valence-electron chi connectivity index (χ0n) is 15.1. The zero-order chi connectivity index (χ0) is 17.9. The van der Waals surface area contributed by atoms with Gasteiger partial charge in [-0.3, -0.25) is 5.32 Å². The Morgan fingerprint density at radius 1 is 1.08 bits per heavy atom. The molecule has 2 aromatic rings. The topological polar surface area (TPSA) is 50.4 Å². The molecule has 1 amide bonds. The second-order valence-corrected chi connectivity index (χ2v) is 7.58. The van der Waals surface area contributed by atoms with E-state index in [2.05, 4.69) is 34.9 Å². The average Bonchev–Trinajstić information content (AvgIpc) is 3.37. The maximum Gasteiger partial charge on any atom is 0.412 e. The van der Waals surface area contributed by atoms with Crippen LogP contribution in [-0.4, -0.2) is 11.7 Å². The Labute approximate surface area is 149 Å². The number of benzene rings is 2. The number of hydrogen-bond acceptors (Lipinski definition) is 3. The third-order valence-corrected chi connectivity index (χ3v) is 4.03. The van der Waals surface area contributed by atoms with Gasteiger partial charge in [-0.1, -0.05) is 24.3 Å². The van der Waals surface area contributed by atoms with E-state index in [1.807, 2.05) is 45.0 Å². The first kappa shape index (κ1) is 17.3. The molecule has 2 aromatic carbocycles. The molecule has 0 heterocycles. The summed E-state index contributed by atoms with van der Waals surface area (Å²) < 4.78 is 5.25. The molecule has 0 aliphatic heterocycles. The SMILES string of the molecule is CC(C)(C)OC(=O)Nc1ccc(NCc2cccc(C3CC3)c2)cc1. The van der Waals surface area contributed by atoms with Crippen molar-refractivity contribution in [3.63, 3.8) is 0 Å². The third kappa shape index (κ3) is 5.52. The lowest BCUT2D eigenvalue weighted by Crippen LogP contribution is -2.27. The normalized spacial score (nSPS) is 14.0. The largest absolute Gasteiger partial charge is 0.444 e. The van der Waals surface area contributed by atoms with Crippen LogP contribution in [0.1, 0.15) is 50.7 Å². The van der Waals surface area contributed by atoms with Gasteiger partial charge in [-0.15, -0.1) is 0 Å². The highest BCUT2D eigenvalue weighted by atomic mass is 16.6. The molecule has 4 heteroatoms. The van der Waals surface area contributed by atoms with Crippen LogP contribution < -0.4 is 10.6 Å². The van der Waals surface area contributed by atoms with E-state index in [0.29, 0.717) is 0 Å². The monoisotopic (exact) mass is 338 g/mol. The second-order valence-electron chi connectivity index (χ2n) is 7.58. The minimum atomic E-state index is -0.499. The maximum absolute atomic E-state index is 11.8. The highest BCUT2D eigenvalue weighted by molar-refractivity contribution is 5.85. The van der Waals surface area contributed by atoms with Crippen LogP contribution in [0.25, 0.3) is 0 Å². The second kappa shape index (κ2) is 7.18. The van der Waals surface area contributed by atoms with E-state index in [1.165, 1.54) is 24.0 Å². The van der Waals surface area contributed by atoms with Crippen molar-refractivity contribution in [2.24, 2.45) is 0 Å². The van der Waals surface area contributed by atoms with Crippen molar-refractivity contribution in [3.8, 4) is 0 Å². The highest BCUT2D eigenvalue weighted by Crippen LogP contribution is 2.40. The summed E-state index contributed by atoms with van der Waals surface area (Å²) in [5.41, 5.74) is 3.99. The molecule has 25 heavy (non-hydrogen) atoms. The van der Waals surface area contributed by atoms with E-state index in [9.17, 15) is 4.79 Å². The number of carbonyl (C=O) groups excluding carboxylic acids is 1. The van der Waals surface area contributed by atoms with Crippen molar-refractivity contribution >= 4 is 17.5 Å². The van der Waals surface area contributed by atoms with Gasteiger partial charge in [0.1, 0.15) is 5.60 Å². The molecule has 1 aliphatic carbocycles. The Bertz CT molecular complexity index is 728. The number of anilines is 2. The van der Waals surface area contributed by atoms with Crippen LogP contribution in [0.15, 0.2) is 48.5 Å². The fourth-order valence-electron chi connectivity index (χ4n) is 2.67. The molecule has 0 saturated heterocycles. The third-order valence-electron chi connectivity index (χ3n) is 4.03. The van der Waals surface area contributed by atoms with Crippen LogP contribution in [0.5, 0.6) is 0 Å². The molecule has 0 bridgehead atoms. The number of carbonyl (C=O) groups is 1. The minimum Gasteiger partial charge on any atom is -0.444 e. The van der Waals surface area contributed by atoms with E-state index in [0.717, 1.165) is 23.8 Å². The lowest BCUT2D eigenvalue weighted by atomic mass is 10.1. The van der Waals surface area contributed by atoms with Crippen molar-refractivity contribution < 1.29 is 9.53 Å². The molecule has 4 nitrogen and oxygen atoms in total. The fraction of sp³-hybridized carbons (Fsp3) is 0.381. The summed E-state index contributed by atoms with van der Waals surface area (Å²) in [6.07, 6.45) is 2.21. The predicted octanol–water partition coefficient (Wildman–Crippen LogP) is 5.52. The molecule has 0 atom stereocenters. The lowest BCUT2D eigenvalue weighted by molar-refractivity contribution is 0.0636. The van der Waals surface area contributed by atoms with Gasteiger partial charge in [0.25, 0.3) is 0 Å². The summed E-state index contributed by atoms with van der Waals surface area (Å²) in [6.45, 7) is 6.33. The Morgan fingerprint density at radius 3 is 2.40 bits per heavy atom. The van der Waals surface area contributed by atoms with Crippen LogP contribution >= 0.6 is 0 Å². The van der Waals surface area contributed by atoms with E-state index >= 15 is 0 Å². The fourth-order valence-corrected chi connectivity index (χ4v) is 2.67. The van der Waals surface area contributed by atoms with Gasteiger partial charge in [0.05, 0.1) is 0 Å². The summed E-state index contributed by atoms with van der Waals surface area (Å²) in [5, 5.41) is 6.16. The van der Waals surface area contributed by atoms with E-state index in [4.69, 9.17) is 4.74 Å². The average molecular weight is 338 g/mol. The molecule has 0 spiro atoms. The van der Waals surface area contributed by atoms with Gasteiger partial charge in [-0.2, -0.15) is 0 Å². The highest BCUT2D eigenvalue weighted by Gasteiger charge is 2.23. The van der Waals surface area contributed by atoms with Gasteiger partial charge in [-0.05, 0) is 74.9 Å². The number of hydrogen-bond donors (Lipinski definition) is 2. The quantitative estimate of drug-likeness (QED) is 0.754. The number of amides is 1. The Kier molecular flexibility index (Phi) is 4.98. The van der Waals surface area contributed by atoms with Gasteiger partial charge in [0.2, 0.25) is 0 Å². The van der Waals surface area contributed by atoms with Crippen LogP contribution in [0.2, 0.25) is 0 Å². The first-order valence-electron chi connectivity index (χ1n) is 8.82. The minimum absolute atomic E-state index is 0.440. The molecule has 132 valence electrons. The summed E-state index contributed by atoms with van der Waals surface area (Å²) in [6, 6.07) is 16.5. The van der Waals surface area contributed by atoms with Crippen molar-refractivity contribution in [2.75, 3.05) is 10.6 Å². The molecule has 1 saturated carbocycles. The standard InChI is InChI=1S/C21H26N2O2/c1-21(2,3)25-20(24)23-19-11-9-18(10-12-19)22-14-15-5-4-6-17(13-15)16-7-8-16/h4-6,9-13,16,22H,7-8,14H2,1-3H3,(H,23,24). The number of ether oxygens (including phenoxy) is 1. The Morgan fingerprint density at radius 2 is 1.76 bits per heavy atom. The molecular formula is C21H26N2O2. The molecule has 1 aliphatic rings. The number of nitrogens with one attached hydrogen (secondary N) is 2. The van der Waals surface area contributed by atoms with Gasteiger partial charge in [-0.25, -0.2) is 4.79 Å². The lowest BCUT2D eigenvalue weighted by Gasteiger charge is -2.19. The predicted molar refractivity (Wildman–Crippen MR) is 102 cm³/mol. The molecule has 2 N–H and O–H groups in total. The maximum atomic E-state index is 11.8. The summed E-state index contributed by atoms with van der Waals surface area (Å²) in [4.78, 5) is 11.8. The van der Waals surface area contributed by atoms with Crippen LogP contribution in [0.4, 0.5) is 16.2 Å². The molecule has 1 fully saturated rings. The van der Waals surface area contributed by atoms with E-state index in [1.54, 1.807) is 0 Å². The van der Waals surface area contributed by atoms with Crippen molar-refractivity contribution in [1.29, 1.82) is 0 Å². The van der Waals surface area contributed by atoms with Crippen molar-refractivity contribution in [1.82, 2.24) is 0 Å². The van der Waals surface area contributed by atoms with Gasteiger partial charge in [0.15, 0.2) is 0 Å². The number of rotatable bonds is 5. The molecule has 3 rings (SSSR count). The summed E-state index contributed by atoms with van der Waals surface area (Å²) in [5.74, 6) is 0.776. The van der Waals surface area contributed by atoms with Crippen LogP contribution in [0, 0.1) is 0 Å². The Balaban J connectivity index is 1.52. The van der Waals surface area contributed by atoms with Crippen LogP contribution in [0.3, 0.4) is 0 Å². The van der Waals surface area contributed by atoms with Crippen molar-refractivity contribution in [2.45, 2.75) is 51.7 Å². The first-order chi connectivity index (χ1) is 11.9. The Hall–Kier alpha value is -2.49. The van der Waals surface area contributed by atoms with Crippen LogP contribution in [-0.2, 0) is 11.3 Å². The first-order valence-corrected chi connectivity index (χ1v) is 8.82. The van der Waals surface area contributed by atoms with E-state index in [-0.39, 0.29) is 0 Å². The van der Waals surface area contributed by atoms with E-state index < -0.39 is 11.7 Å². The van der Waals surface area contributed by atoms with Gasteiger partial charge in [0, 0.05) is 17.9 Å². The van der Waals surface area contributed by atoms with Gasteiger partial charge >= 0.3 is 6.09 Å². The smallest absolute Gasteiger partial charge is 0.412 e. The molecule has 0 unspecified atom stereocenters. The van der Waals surface area contributed by atoms with Crippen molar-refractivity contribution in [3.05, 3.63) is 59.7 Å². The summed E-state index contributed by atoms with van der Waals surface area (Å²) in [7, 11) is 0. The molecular weight excluding hydrogens is 312 g/mol. The zero-order valence-corrected chi connectivity index (χ0v) is 15.1. The van der Waals surface area contributed by atoms with Gasteiger partial charge < -0.3 is 10.1 Å².